The van der Waals surface area contributed by atoms with Gasteiger partial charge in [0.05, 0.1) is 5.69 Å². The molecule has 2 heterocycles. The van der Waals surface area contributed by atoms with Crippen LogP contribution in [-0.4, -0.2) is 28.3 Å². The zero-order valence-corrected chi connectivity index (χ0v) is 16.8. The molecule has 0 aliphatic heterocycles. The topological polar surface area (TPSA) is 84.0 Å². The van der Waals surface area contributed by atoms with Crippen LogP contribution in [0, 0.1) is 0 Å². The minimum atomic E-state index is -0.349. The van der Waals surface area contributed by atoms with Crippen LogP contribution in [0.2, 0.25) is 5.02 Å². The summed E-state index contributed by atoms with van der Waals surface area (Å²) in [7, 11) is 0. The molecule has 3 aromatic rings. The Balaban J connectivity index is 1.59. The van der Waals surface area contributed by atoms with E-state index in [0.717, 1.165) is 24.1 Å². The van der Waals surface area contributed by atoms with E-state index in [9.17, 15) is 9.59 Å². The van der Waals surface area contributed by atoms with Crippen molar-refractivity contribution in [3.05, 3.63) is 64.3 Å². The van der Waals surface area contributed by atoms with E-state index in [0.29, 0.717) is 16.7 Å². The molecule has 0 aliphatic carbocycles. The van der Waals surface area contributed by atoms with Gasteiger partial charge in [-0.1, -0.05) is 35.9 Å². The Morgan fingerprint density at radius 1 is 1.18 bits per heavy atom. The summed E-state index contributed by atoms with van der Waals surface area (Å²) in [6, 6.07) is 11.2. The van der Waals surface area contributed by atoms with E-state index >= 15 is 0 Å². The van der Waals surface area contributed by atoms with Gasteiger partial charge < -0.3 is 5.32 Å². The average molecular weight is 415 g/mol. The summed E-state index contributed by atoms with van der Waals surface area (Å²) >= 11 is 7.24. The predicted molar refractivity (Wildman–Crippen MR) is 112 cm³/mol. The highest BCUT2D eigenvalue weighted by atomic mass is 35.5. The zero-order valence-electron chi connectivity index (χ0n) is 15.2. The van der Waals surface area contributed by atoms with E-state index in [2.05, 4.69) is 32.7 Å². The lowest BCUT2D eigenvalue weighted by molar-refractivity contribution is -0.118. The highest BCUT2D eigenvalue weighted by molar-refractivity contribution is 7.14. The number of hydrogen-bond donors (Lipinski definition) is 2. The standard InChI is InChI=1S/C20H19ClN4O2S/c1-13(26)22-9-2-3-14-4-6-15(7-5-14)18-12-28-20(24-18)25-19(27)17-11-16(21)8-10-23-17/h4-8,10-12H,2-3,9H2,1H3,(H,22,26)(H,24,25,27). The molecule has 28 heavy (non-hydrogen) atoms. The normalized spacial score (nSPS) is 10.5. The third-order valence-corrected chi connectivity index (χ3v) is 4.94. The lowest BCUT2D eigenvalue weighted by Crippen LogP contribution is -2.21. The monoisotopic (exact) mass is 414 g/mol. The summed E-state index contributed by atoms with van der Waals surface area (Å²) < 4.78 is 0. The number of halogens is 1. The molecule has 0 spiro atoms. The van der Waals surface area contributed by atoms with Gasteiger partial charge in [0.2, 0.25) is 5.91 Å². The molecule has 0 radical (unpaired) electrons. The van der Waals surface area contributed by atoms with Crippen molar-refractivity contribution in [2.24, 2.45) is 0 Å². The highest BCUT2D eigenvalue weighted by Crippen LogP contribution is 2.25. The predicted octanol–water partition coefficient (Wildman–Crippen LogP) is 4.18. The van der Waals surface area contributed by atoms with Gasteiger partial charge in [-0.2, -0.15) is 0 Å². The first-order chi connectivity index (χ1) is 13.5. The van der Waals surface area contributed by atoms with Crippen molar-refractivity contribution < 1.29 is 9.59 Å². The molecule has 0 aliphatic rings. The number of nitrogens with one attached hydrogen (secondary N) is 2. The molecular formula is C20H19ClN4O2S. The van der Waals surface area contributed by atoms with Crippen molar-refractivity contribution in [3.63, 3.8) is 0 Å². The van der Waals surface area contributed by atoms with Gasteiger partial charge in [-0.25, -0.2) is 4.98 Å². The minimum Gasteiger partial charge on any atom is -0.356 e. The number of carbonyl (C=O) groups is 2. The van der Waals surface area contributed by atoms with Gasteiger partial charge in [-0.15, -0.1) is 11.3 Å². The van der Waals surface area contributed by atoms with Gasteiger partial charge in [0.25, 0.3) is 5.91 Å². The molecule has 0 fully saturated rings. The number of amides is 2. The van der Waals surface area contributed by atoms with Crippen LogP contribution < -0.4 is 10.6 Å². The summed E-state index contributed by atoms with van der Waals surface area (Å²) in [6.45, 7) is 2.19. The van der Waals surface area contributed by atoms with E-state index in [4.69, 9.17) is 11.6 Å². The maximum absolute atomic E-state index is 12.2. The summed E-state index contributed by atoms with van der Waals surface area (Å²) in [5.74, 6) is -0.356. The van der Waals surface area contributed by atoms with Crippen molar-refractivity contribution in [2.75, 3.05) is 11.9 Å². The Kier molecular flexibility index (Phi) is 6.73. The number of carbonyl (C=O) groups excluding carboxylic acids is 2. The second-order valence-corrected chi connectivity index (χ2v) is 7.43. The molecule has 6 nitrogen and oxygen atoms in total. The molecule has 2 amide bonds. The van der Waals surface area contributed by atoms with Crippen molar-refractivity contribution in [1.29, 1.82) is 0 Å². The van der Waals surface area contributed by atoms with Gasteiger partial charge in [0.15, 0.2) is 5.13 Å². The van der Waals surface area contributed by atoms with Gasteiger partial charge in [-0.05, 0) is 30.5 Å². The Bertz CT molecular complexity index is 972. The number of thiazole rings is 1. The summed E-state index contributed by atoms with van der Waals surface area (Å²) in [4.78, 5) is 31.6. The van der Waals surface area contributed by atoms with E-state index < -0.39 is 0 Å². The minimum absolute atomic E-state index is 0.00656. The summed E-state index contributed by atoms with van der Waals surface area (Å²) in [5.41, 5.74) is 3.21. The van der Waals surface area contributed by atoms with Crippen LogP contribution in [0.3, 0.4) is 0 Å². The molecular weight excluding hydrogens is 396 g/mol. The number of rotatable bonds is 7. The van der Waals surface area contributed by atoms with Crippen LogP contribution in [-0.2, 0) is 11.2 Å². The van der Waals surface area contributed by atoms with Crippen LogP contribution in [0.4, 0.5) is 5.13 Å². The quantitative estimate of drug-likeness (QED) is 0.568. The van der Waals surface area contributed by atoms with E-state index in [1.54, 1.807) is 6.07 Å². The molecule has 0 unspecified atom stereocenters. The van der Waals surface area contributed by atoms with Crippen LogP contribution in [0.1, 0.15) is 29.4 Å². The molecule has 0 bridgehead atoms. The maximum Gasteiger partial charge on any atom is 0.276 e. The molecule has 2 N–H and O–H groups in total. The lowest BCUT2D eigenvalue weighted by atomic mass is 10.1. The molecule has 3 rings (SSSR count). The fourth-order valence-corrected chi connectivity index (χ4v) is 3.43. The number of aryl methyl sites for hydroxylation is 1. The van der Waals surface area contributed by atoms with Gasteiger partial charge in [-0.3, -0.25) is 19.9 Å². The second-order valence-electron chi connectivity index (χ2n) is 6.13. The van der Waals surface area contributed by atoms with Crippen LogP contribution >= 0.6 is 22.9 Å². The van der Waals surface area contributed by atoms with Gasteiger partial charge in [0.1, 0.15) is 5.69 Å². The molecule has 1 aromatic carbocycles. The van der Waals surface area contributed by atoms with Crippen LogP contribution in [0.15, 0.2) is 48.0 Å². The Hall–Kier alpha value is -2.77. The number of hydrogen-bond acceptors (Lipinski definition) is 5. The van der Waals surface area contributed by atoms with Crippen molar-refractivity contribution in [1.82, 2.24) is 15.3 Å². The van der Waals surface area contributed by atoms with Gasteiger partial charge >= 0.3 is 0 Å². The fraction of sp³-hybridized carbons (Fsp3) is 0.200. The molecule has 0 atom stereocenters. The molecule has 2 aromatic heterocycles. The van der Waals surface area contributed by atoms with E-state index in [1.165, 1.54) is 36.1 Å². The number of aromatic nitrogens is 2. The average Bonchev–Trinajstić information content (AvgIpc) is 3.14. The third kappa shape index (κ3) is 5.61. The first kappa shape index (κ1) is 20.0. The first-order valence-electron chi connectivity index (χ1n) is 8.73. The van der Waals surface area contributed by atoms with Crippen LogP contribution in [0.5, 0.6) is 0 Å². The number of pyridine rings is 1. The first-order valence-corrected chi connectivity index (χ1v) is 9.99. The zero-order chi connectivity index (χ0) is 19.9. The largest absolute Gasteiger partial charge is 0.356 e. The Morgan fingerprint density at radius 3 is 2.68 bits per heavy atom. The Labute approximate surface area is 172 Å². The third-order valence-electron chi connectivity index (χ3n) is 3.95. The summed E-state index contributed by atoms with van der Waals surface area (Å²) in [5, 5.41) is 8.39. The molecule has 8 heteroatoms. The van der Waals surface area contributed by atoms with Gasteiger partial charge in [0, 0.05) is 35.6 Å². The van der Waals surface area contributed by atoms with Crippen LogP contribution in [0.25, 0.3) is 11.3 Å². The van der Waals surface area contributed by atoms with Crippen molar-refractivity contribution in [3.8, 4) is 11.3 Å². The fourth-order valence-electron chi connectivity index (χ4n) is 2.55. The van der Waals surface area contributed by atoms with Crippen molar-refractivity contribution >= 4 is 39.9 Å². The molecule has 144 valence electrons. The van der Waals surface area contributed by atoms with E-state index in [-0.39, 0.29) is 17.5 Å². The molecule has 0 saturated heterocycles. The number of anilines is 1. The lowest BCUT2D eigenvalue weighted by Gasteiger charge is -2.04. The van der Waals surface area contributed by atoms with E-state index in [1.807, 2.05) is 17.5 Å². The summed E-state index contributed by atoms with van der Waals surface area (Å²) in [6.07, 6.45) is 3.27. The number of nitrogens with zero attached hydrogens (tertiary/aromatic N) is 2. The maximum atomic E-state index is 12.2. The molecule has 0 saturated carbocycles. The SMILES string of the molecule is CC(=O)NCCCc1ccc(-c2csc(NC(=O)c3cc(Cl)ccn3)n2)cc1. The smallest absolute Gasteiger partial charge is 0.276 e. The van der Waals surface area contributed by atoms with Crippen molar-refractivity contribution in [2.45, 2.75) is 19.8 Å². The highest BCUT2D eigenvalue weighted by Gasteiger charge is 2.11. The number of benzene rings is 1. The second kappa shape index (κ2) is 9.43. The Morgan fingerprint density at radius 2 is 1.96 bits per heavy atom.